The van der Waals surface area contributed by atoms with Gasteiger partial charge in [0.1, 0.15) is 0 Å². The van der Waals surface area contributed by atoms with Crippen molar-refractivity contribution in [2.24, 2.45) is 0 Å². The zero-order valence-electron chi connectivity index (χ0n) is 10.7. The first-order chi connectivity index (χ1) is 9.57. The normalized spacial score (nSPS) is 11.6. The average molecular weight is 283 g/mol. The van der Waals surface area contributed by atoms with Crippen molar-refractivity contribution in [1.82, 2.24) is 0 Å². The third-order valence-corrected chi connectivity index (χ3v) is 4.99. The first-order valence-corrected chi connectivity index (χ1v) is 7.65. The molecule has 3 aromatic carbocycles. The maximum absolute atomic E-state index is 12.5. The maximum Gasteiger partial charge on any atom is 0.206 e. The highest BCUT2D eigenvalue weighted by molar-refractivity contribution is 7.91. The van der Waals surface area contributed by atoms with Gasteiger partial charge in [0.05, 0.1) is 9.79 Å². The molecule has 4 heteroatoms. The van der Waals surface area contributed by atoms with Gasteiger partial charge in [-0.1, -0.05) is 30.3 Å². The Balaban J connectivity index is 2.15. The molecule has 0 aliphatic heterocycles. The molecule has 0 aliphatic rings. The SMILES string of the molecule is Nc1ccc(S(=O)(=O)c2ccc3ccccc3c2)cc1. The monoisotopic (exact) mass is 283 g/mol. The number of hydrogen-bond acceptors (Lipinski definition) is 3. The molecule has 0 saturated carbocycles. The molecular weight excluding hydrogens is 270 g/mol. The molecule has 20 heavy (non-hydrogen) atoms. The molecule has 0 aliphatic carbocycles. The van der Waals surface area contributed by atoms with Gasteiger partial charge in [-0.25, -0.2) is 8.42 Å². The highest BCUT2D eigenvalue weighted by Crippen LogP contribution is 2.25. The second-order valence-electron chi connectivity index (χ2n) is 4.58. The Morgan fingerprint density at radius 2 is 1.30 bits per heavy atom. The van der Waals surface area contributed by atoms with Crippen molar-refractivity contribution in [3.05, 3.63) is 66.7 Å². The standard InChI is InChI=1S/C16H13NO2S/c17-14-6-9-15(10-7-14)20(18,19)16-8-5-12-3-1-2-4-13(12)11-16/h1-11H,17H2. The van der Waals surface area contributed by atoms with E-state index < -0.39 is 9.84 Å². The van der Waals surface area contributed by atoms with Crippen LogP contribution < -0.4 is 5.73 Å². The minimum absolute atomic E-state index is 0.252. The van der Waals surface area contributed by atoms with Gasteiger partial charge in [0.15, 0.2) is 0 Å². The molecule has 0 saturated heterocycles. The van der Waals surface area contributed by atoms with E-state index in [-0.39, 0.29) is 4.90 Å². The van der Waals surface area contributed by atoms with E-state index in [1.165, 1.54) is 12.1 Å². The second kappa shape index (κ2) is 4.65. The van der Waals surface area contributed by atoms with E-state index in [2.05, 4.69) is 0 Å². The summed E-state index contributed by atoms with van der Waals surface area (Å²) in [4.78, 5) is 0.544. The zero-order valence-corrected chi connectivity index (χ0v) is 11.5. The van der Waals surface area contributed by atoms with Crippen LogP contribution in [0.4, 0.5) is 5.69 Å². The van der Waals surface area contributed by atoms with Crippen LogP contribution in [-0.2, 0) is 9.84 Å². The van der Waals surface area contributed by atoms with Crippen molar-refractivity contribution in [3.63, 3.8) is 0 Å². The van der Waals surface area contributed by atoms with Crippen LogP contribution in [0.25, 0.3) is 10.8 Å². The van der Waals surface area contributed by atoms with E-state index in [1.54, 1.807) is 24.3 Å². The zero-order chi connectivity index (χ0) is 14.2. The number of sulfone groups is 1. The van der Waals surface area contributed by atoms with Gasteiger partial charge < -0.3 is 5.73 Å². The summed E-state index contributed by atoms with van der Waals surface area (Å²) in [5.74, 6) is 0. The van der Waals surface area contributed by atoms with Gasteiger partial charge in [0, 0.05) is 5.69 Å². The van der Waals surface area contributed by atoms with Crippen LogP contribution in [0.15, 0.2) is 76.5 Å². The lowest BCUT2D eigenvalue weighted by Crippen LogP contribution is -2.02. The van der Waals surface area contributed by atoms with Crippen molar-refractivity contribution >= 4 is 26.3 Å². The number of hydrogen-bond donors (Lipinski definition) is 1. The molecule has 3 rings (SSSR count). The topological polar surface area (TPSA) is 60.2 Å². The summed E-state index contributed by atoms with van der Waals surface area (Å²) in [6, 6.07) is 19.1. The van der Waals surface area contributed by atoms with E-state index in [0.29, 0.717) is 10.6 Å². The molecule has 100 valence electrons. The summed E-state index contributed by atoms with van der Waals surface area (Å²) in [5, 5.41) is 1.92. The first-order valence-electron chi connectivity index (χ1n) is 6.17. The van der Waals surface area contributed by atoms with Gasteiger partial charge >= 0.3 is 0 Å². The Bertz CT molecular complexity index is 868. The lowest BCUT2D eigenvalue weighted by Gasteiger charge is -2.06. The number of rotatable bonds is 2. The van der Waals surface area contributed by atoms with Gasteiger partial charge in [-0.15, -0.1) is 0 Å². The van der Waals surface area contributed by atoms with E-state index in [0.717, 1.165) is 10.8 Å². The fourth-order valence-corrected chi connectivity index (χ4v) is 3.41. The summed E-state index contributed by atoms with van der Waals surface area (Å²) >= 11 is 0. The van der Waals surface area contributed by atoms with Crippen LogP contribution in [0.3, 0.4) is 0 Å². The van der Waals surface area contributed by atoms with Crippen molar-refractivity contribution in [2.75, 3.05) is 5.73 Å². The minimum atomic E-state index is -3.50. The molecule has 3 aromatic rings. The summed E-state index contributed by atoms with van der Waals surface area (Å²) in [7, 11) is -3.50. The van der Waals surface area contributed by atoms with E-state index >= 15 is 0 Å². The van der Waals surface area contributed by atoms with Crippen molar-refractivity contribution in [2.45, 2.75) is 9.79 Å². The summed E-state index contributed by atoms with van der Waals surface area (Å²) in [6.45, 7) is 0. The summed E-state index contributed by atoms with van der Waals surface area (Å²) in [6.07, 6.45) is 0. The van der Waals surface area contributed by atoms with E-state index in [9.17, 15) is 8.42 Å². The highest BCUT2D eigenvalue weighted by atomic mass is 32.2. The van der Waals surface area contributed by atoms with Gasteiger partial charge in [-0.3, -0.25) is 0 Å². The van der Waals surface area contributed by atoms with Crippen LogP contribution in [0.2, 0.25) is 0 Å². The summed E-state index contributed by atoms with van der Waals surface area (Å²) in [5.41, 5.74) is 6.13. The molecule has 0 bridgehead atoms. The van der Waals surface area contributed by atoms with Gasteiger partial charge in [-0.05, 0) is 47.2 Å². The predicted octanol–water partition coefficient (Wildman–Crippen LogP) is 3.25. The van der Waals surface area contributed by atoms with Crippen molar-refractivity contribution < 1.29 is 8.42 Å². The lowest BCUT2D eigenvalue weighted by molar-refractivity contribution is 0.596. The molecule has 2 N–H and O–H groups in total. The molecule has 0 fully saturated rings. The number of nitrogens with two attached hydrogens (primary N) is 1. The summed E-state index contributed by atoms with van der Waals surface area (Å²) < 4.78 is 25.1. The maximum atomic E-state index is 12.5. The molecule has 0 aromatic heterocycles. The Kier molecular flexibility index (Phi) is 2.95. The molecule has 0 spiro atoms. The second-order valence-corrected chi connectivity index (χ2v) is 6.53. The van der Waals surface area contributed by atoms with Gasteiger partial charge in [-0.2, -0.15) is 0 Å². The molecule has 0 amide bonds. The van der Waals surface area contributed by atoms with Crippen LogP contribution in [0.1, 0.15) is 0 Å². The minimum Gasteiger partial charge on any atom is -0.399 e. The average Bonchev–Trinajstić information content (AvgIpc) is 2.47. The Hall–Kier alpha value is -2.33. The fourth-order valence-electron chi connectivity index (χ4n) is 2.12. The molecular formula is C16H13NO2S. The van der Waals surface area contributed by atoms with Gasteiger partial charge in [0.2, 0.25) is 9.84 Å². The molecule has 0 unspecified atom stereocenters. The number of anilines is 1. The van der Waals surface area contributed by atoms with Crippen LogP contribution in [-0.4, -0.2) is 8.42 Å². The van der Waals surface area contributed by atoms with E-state index in [4.69, 9.17) is 5.73 Å². The molecule has 0 radical (unpaired) electrons. The molecule has 3 nitrogen and oxygen atoms in total. The van der Waals surface area contributed by atoms with Crippen molar-refractivity contribution in [3.8, 4) is 0 Å². The smallest absolute Gasteiger partial charge is 0.206 e. The predicted molar refractivity (Wildman–Crippen MR) is 80.3 cm³/mol. The molecule has 0 heterocycles. The van der Waals surface area contributed by atoms with Gasteiger partial charge in [0.25, 0.3) is 0 Å². The Labute approximate surface area is 117 Å². The quantitative estimate of drug-likeness (QED) is 0.734. The Morgan fingerprint density at radius 3 is 2.00 bits per heavy atom. The number of fused-ring (bicyclic) bond motifs is 1. The fraction of sp³-hybridized carbons (Fsp3) is 0. The number of benzene rings is 3. The van der Waals surface area contributed by atoms with E-state index in [1.807, 2.05) is 30.3 Å². The van der Waals surface area contributed by atoms with Crippen molar-refractivity contribution in [1.29, 1.82) is 0 Å². The molecule has 0 atom stereocenters. The van der Waals surface area contributed by atoms with Crippen LogP contribution in [0.5, 0.6) is 0 Å². The third kappa shape index (κ3) is 2.14. The first kappa shape index (κ1) is 12.7. The van der Waals surface area contributed by atoms with Crippen LogP contribution >= 0.6 is 0 Å². The van der Waals surface area contributed by atoms with Crippen LogP contribution in [0, 0.1) is 0 Å². The third-order valence-electron chi connectivity index (χ3n) is 3.22. The Morgan fingerprint density at radius 1 is 0.700 bits per heavy atom. The largest absolute Gasteiger partial charge is 0.399 e. The number of nitrogen functional groups attached to an aromatic ring is 1. The lowest BCUT2D eigenvalue weighted by atomic mass is 10.1. The highest BCUT2D eigenvalue weighted by Gasteiger charge is 2.17.